The summed E-state index contributed by atoms with van der Waals surface area (Å²) in [6, 6.07) is 17.5. The maximum atomic E-state index is 12.7. The summed E-state index contributed by atoms with van der Waals surface area (Å²) >= 11 is 0. The van der Waals surface area contributed by atoms with Crippen LogP contribution >= 0.6 is 0 Å². The van der Waals surface area contributed by atoms with Gasteiger partial charge in [0.05, 0.1) is 11.3 Å². The maximum absolute atomic E-state index is 12.7. The van der Waals surface area contributed by atoms with Crippen molar-refractivity contribution < 1.29 is 9.90 Å². The number of para-hydroxylation sites is 2. The summed E-state index contributed by atoms with van der Waals surface area (Å²) < 4.78 is 0. The number of nitrogens with zero attached hydrogens (tertiary/aromatic N) is 1. The summed E-state index contributed by atoms with van der Waals surface area (Å²) in [5.74, 6) is 0.0409. The van der Waals surface area contributed by atoms with E-state index in [1.165, 1.54) is 0 Å². The number of carbonyl (C=O) groups is 1. The minimum atomic E-state index is -0.0957. The van der Waals surface area contributed by atoms with Crippen LogP contribution in [0, 0.1) is 5.92 Å². The van der Waals surface area contributed by atoms with E-state index in [1.807, 2.05) is 78.7 Å². The van der Waals surface area contributed by atoms with Crippen molar-refractivity contribution in [1.29, 1.82) is 0 Å². The fourth-order valence-corrected chi connectivity index (χ4v) is 3.01. The van der Waals surface area contributed by atoms with Gasteiger partial charge in [-0.2, -0.15) is 0 Å². The van der Waals surface area contributed by atoms with Crippen molar-refractivity contribution in [3.63, 3.8) is 0 Å². The molecule has 2 aromatic rings. The Kier molecular flexibility index (Phi) is 4.96. The molecule has 1 aliphatic rings. The van der Waals surface area contributed by atoms with Crippen LogP contribution < -0.4 is 10.2 Å². The highest BCUT2D eigenvalue weighted by atomic mass is 16.3. The molecule has 0 bridgehead atoms. The first-order chi connectivity index (χ1) is 11.7. The predicted molar refractivity (Wildman–Crippen MR) is 96.5 cm³/mol. The summed E-state index contributed by atoms with van der Waals surface area (Å²) in [4.78, 5) is 14.7. The van der Waals surface area contributed by atoms with Crippen LogP contribution in [-0.2, 0) is 0 Å². The molecule has 0 heterocycles. The van der Waals surface area contributed by atoms with Gasteiger partial charge in [-0.15, -0.1) is 0 Å². The quantitative estimate of drug-likeness (QED) is 0.832. The second-order valence-corrected chi connectivity index (χ2v) is 6.05. The highest BCUT2D eigenvalue weighted by molar-refractivity contribution is 6.00. The molecular formula is C20H22N2O2. The van der Waals surface area contributed by atoms with Gasteiger partial charge in [-0.05, 0) is 30.7 Å². The molecule has 0 aromatic heterocycles. The molecule has 4 heteroatoms. The third-order valence-electron chi connectivity index (χ3n) is 4.38. The first-order valence-corrected chi connectivity index (χ1v) is 8.17. The molecule has 0 radical (unpaired) electrons. The lowest BCUT2D eigenvalue weighted by molar-refractivity contribution is 0.0941. The summed E-state index contributed by atoms with van der Waals surface area (Å²) in [5, 5.41) is 12.2. The van der Waals surface area contributed by atoms with Gasteiger partial charge in [-0.25, -0.2) is 0 Å². The summed E-state index contributed by atoms with van der Waals surface area (Å²) in [5.41, 5.74) is 2.53. The number of aliphatic hydroxyl groups excluding tert-OH is 1. The van der Waals surface area contributed by atoms with Crippen molar-refractivity contribution in [1.82, 2.24) is 5.32 Å². The molecule has 1 amide bonds. The van der Waals surface area contributed by atoms with Gasteiger partial charge in [0.15, 0.2) is 0 Å². The average Bonchev–Trinajstić information content (AvgIpc) is 3.09. The third-order valence-corrected chi connectivity index (χ3v) is 4.38. The van der Waals surface area contributed by atoms with Gasteiger partial charge in [-0.3, -0.25) is 4.79 Å². The fourth-order valence-electron chi connectivity index (χ4n) is 3.01. The summed E-state index contributed by atoms with van der Waals surface area (Å²) in [6.07, 6.45) is 4.67. The van der Waals surface area contributed by atoms with Gasteiger partial charge in [0, 0.05) is 31.3 Å². The minimum absolute atomic E-state index is 0.0234. The van der Waals surface area contributed by atoms with Gasteiger partial charge >= 0.3 is 0 Å². The van der Waals surface area contributed by atoms with E-state index >= 15 is 0 Å². The van der Waals surface area contributed by atoms with Crippen molar-refractivity contribution >= 4 is 17.3 Å². The second kappa shape index (κ2) is 7.32. The molecule has 124 valence electrons. The number of nitrogens with one attached hydrogen (secondary N) is 1. The zero-order valence-corrected chi connectivity index (χ0v) is 13.7. The largest absolute Gasteiger partial charge is 0.396 e. The summed E-state index contributed by atoms with van der Waals surface area (Å²) in [6.45, 7) is 0.121. The Morgan fingerprint density at radius 2 is 1.83 bits per heavy atom. The van der Waals surface area contributed by atoms with Gasteiger partial charge in [0.1, 0.15) is 0 Å². The van der Waals surface area contributed by atoms with Crippen molar-refractivity contribution in [2.75, 3.05) is 18.6 Å². The van der Waals surface area contributed by atoms with Crippen LogP contribution in [0.5, 0.6) is 0 Å². The number of aliphatic hydroxyl groups is 1. The van der Waals surface area contributed by atoms with Crippen LogP contribution in [0.25, 0.3) is 0 Å². The van der Waals surface area contributed by atoms with Crippen molar-refractivity contribution in [2.45, 2.75) is 12.5 Å². The SMILES string of the molecule is CN(c1ccccc1)c1ccccc1C(=O)N[C@@H]1C=C[C@H](CO)C1. The Balaban J connectivity index is 1.79. The van der Waals surface area contributed by atoms with Crippen molar-refractivity contribution in [3.05, 3.63) is 72.3 Å². The normalized spacial score (nSPS) is 19.2. The number of anilines is 2. The highest BCUT2D eigenvalue weighted by Gasteiger charge is 2.22. The lowest BCUT2D eigenvalue weighted by Crippen LogP contribution is -2.33. The molecular weight excluding hydrogens is 300 g/mol. The Morgan fingerprint density at radius 1 is 1.12 bits per heavy atom. The van der Waals surface area contributed by atoms with Crippen LogP contribution in [0.4, 0.5) is 11.4 Å². The number of rotatable bonds is 5. The van der Waals surface area contributed by atoms with E-state index in [-0.39, 0.29) is 24.5 Å². The zero-order valence-electron chi connectivity index (χ0n) is 13.7. The molecule has 2 N–H and O–H groups in total. The molecule has 0 saturated heterocycles. The minimum Gasteiger partial charge on any atom is -0.396 e. The van der Waals surface area contributed by atoms with Crippen LogP contribution in [0.2, 0.25) is 0 Å². The number of carbonyl (C=O) groups excluding carboxylic acids is 1. The lowest BCUT2D eigenvalue weighted by Gasteiger charge is -2.23. The fraction of sp³-hybridized carbons (Fsp3) is 0.250. The number of benzene rings is 2. The first-order valence-electron chi connectivity index (χ1n) is 8.17. The monoisotopic (exact) mass is 322 g/mol. The van der Waals surface area contributed by atoms with E-state index in [9.17, 15) is 9.90 Å². The van der Waals surface area contributed by atoms with E-state index in [4.69, 9.17) is 0 Å². The van der Waals surface area contributed by atoms with Crippen molar-refractivity contribution in [3.8, 4) is 0 Å². The first kappa shape index (κ1) is 16.3. The molecule has 4 nitrogen and oxygen atoms in total. The smallest absolute Gasteiger partial charge is 0.253 e. The molecule has 3 rings (SSSR count). The van der Waals surface area contributed by atoms with E-state index in [2.05, 4.69) is 5.32 Å². The molecule has 1 aliphatic carbocycles. The molecule has 24 heavy (non-hydrogen) atoms. The molecule has 0 saturated carbocycles. The Morgan fingerprint density at radius 3 is 2.54 bits per heavy atom. The predicted octanol–water partition coefficient (Wildman–Crippen LogP) is 3.12. The molecule has 0 spiro atoms. The van der Waals surface area contributed by atoms with Crippen LogP contribution in [0.1, 0.15) is 16.8 Å². The van der Waals surface area contributed by atoms with Gasteiger partial charge in [-0.1, -0.05) is 42.5 Å². The van der Waals surface area contributed by atoms with Crippen molar-refractivity contribution in [2.24, 2.45) is 5.92 Å². The average molecular weight is 322 g/mol. The summed E-state index contributed by atoms with van der Waals surface area (Å²) in [7, 11) is 1.96. The van der Waals surface area contributed by atoms with E-state index in [0.29, 0.717) is 5.56 Å². The third kappa shape index (κ3) is 3.49. The highest BCUT2D eigenvalue weighted by Crippen LogP contribution is 2.27. The zero-order chi connectivity index (χ0) is 16.9. The molecule has 0 fully saturated rings. The van der Waals surface area contributed by atoms with Crippen LogP contribution in [0.3, 0.4) is 0 Å². The standard InChI is InChI=1S/C20H22N2O2/c1-22(17-7-3-2-4-8-17)19-10-6-5-9-18(19)20(24)21-16-12-11-15(13-16)14-23/h2-12,15-16,23H,13-14H2,1H3,(H,21,24)/t15-,16+/m0/s1. The molecule has 0 aliphatic heterocycles. The number of amides is 1. The lowest BCUT2D eigenvalue weighted by atomic mass is 10.1. The number of hydrogen-bond acceptors (Lipinski definition) is 3. The molecule has 0 unspecified atom stereocenters. The Hall–Kier alpha value is -2.59. The Labute approximate surface area is 142 Å². The van der Waals surface area contributed by atoms with Gasteiger partial charge < -0.3 is 15.3 Å². The van der Waals surface area contributed by atoms with E-state index < -0.39 is 0 Å². The van der Waals surface area contributed by atoms with E-state index in [0.717, 1.165) is 17.8 Å². The molecule has 2 atom stereocenters. The van der Waals surface area contributed by atoms with Crippen LogP contribution in [-0.4, -0.2) is 30.7 Å². The van der Waals surface area contributed by atoms with Gasteiger partial charge in [0.25, 0.3) is 5.91 Å². The molecule has 2 aromatic carbocycles. The topological polar surface area (TPSA) is 52.6 Å². The van der Waals surface area contributed by atoms with E-state index in [1.54, 1.807) is 0 Å². The second-order valence-electron chi connectivity index (χ2n) is 6.05. The van der Waals surface area contributed by atoms with Gasteiger partial charge in [0.2, 0.25) is 0 Å². The maximum Gasteiger partial charge on any atom is 0.253 e. The Bertz CT molecular complexity index is 727. The van der Waals surface area contributed by atoms with Crippen LogP contribution in [0.15, 0.2) is 66.7 Å². The number of hydrogen-bond donors (Lipinski definition) is 2.